The predicted octanol–water partition coefficient (Wildman–Crippen LogP) is 4.60. The van der Waals surface area contributed by atoms with Crippen LogP contribution >= 0.6 is 0 Å². The van der Waals surface area contributed by atoms with Crippen molar-refractivity contribution in [2.45, 2.75) is 31.4 Å². The number of benzene rings is 2. The molecule has 2 N–H and O–H groups in total. The van der Waals surface area contributed by atoms with E-state index >= 15 is 0 Å². The highest BCUT2D eigenvalue weighted by Gasteiger charge is 2.58. The summed E-state index contributed by atoms with van der Waals surface area (Å²) in [7, 11) is 4.03. The molecule has 6 rings (SSSR count). The molecule has 3 aromatic rings. The summed E-state index contributed by atoms with van der Waals surface area (Å²) >= 11 is 0. The number of ether oxygens (including phenoxy) is 2. The molecule has 9 nitrogen and oxygen atoms in total. The Hall–Kier alpha value is -4.24. The lowest BCUT2D eigenvalue weighted by atomic mass is 10.1. The maximum atomic E-state index is 12.4. The molecule has 2 aromatic carbocycles. The topological polar surface area (TPSA) is 105 Å². The van der Waals surface area contributed by atoms with E-state index in [0.29, 0.717) is 35.8 Å². The second-order valence-corrected chi connectivity index (χ2v) is 9.81. The van der Waals surface area contributed by atoms with Crippen molar-refractivity contribution < 1.29 is 19.1 Å². The molecule has 1 unspecified atom stereocenters. The zero-order valence-corrected chi connectivity index (χ0v) is 20.6. The molecule has 3 aliphatic rings. The van der Waals surface area contributed by atoms with Gasteiger partial charge in [0.2, 0.25) is 5.91 Å². The Balaban J connectivity index is 1.09. The van der Waals surface area contributed by atoms with Crippen molar-refractivity contribution in [2.24, 2.45) is 10.9 Å². The smallest absolute Gasteiger partial charge is 0.345 e. The number of nitrogens with one attached hydrogen (secondary N) is 2. The summed E-state index contributed by atoms with van der Waals surface area (Å²) in [6.07, 6.45) is 4.29. The van der Waals surface area contributed by atoms with Gasteiger partial charge in [0.1, 0.15) is 29.2 Å². The van der Waals surface area contributed by atoms with E-state index in [4.69, 9.17) is 9.47 Å². The SMILES string of the molecule is CN(C)Cc1ccc(NC(=O)N=CC2[C@H]3Oc4ccc(Oc5ccnc6c5CCC(=O)N6)cc4[C@@H]23)cc1. The lowest BCUT2D eigenvalue weighted by Gasteiger charge is -2.19. The highest BCUT2D eigenvalue weighted by Crippen LogP contribution is 2.58. The summed E-state index contributed by atoms with van der Waals surface area (Å²) in [4.78, 5) is 34.5. The number of fused-ring (bicyclic) bond motifs is 4. The summed E-state index contributed by atoms with van der Waals surface area (Å²) in [5, 5.41) is 5.61. The summed E-state index contributed by atoms with van der Waals surface area (Å²) < 4.78 is 12.2. The molecule has 1 saturated carbocycles. The monoisotopic (exact) mass is 497 g/mol. The van der Waals surface area contributed by atoms with Gasteiger partial charge in [0.05, 0.1) is 0 Å². The number of urea groups is 1. The summed E-state index contributed by atoms with van der Waals surface area (Å²) in [5.41, 5.74) is 3.83. The van der Waals surface area contributed by atoms with E-state index in [1.807, 2.05) is 62.6 Å². The first-order valence-corrected chi connectivity index (χ1v) is 12.3. The van der Waals surface area contributed by atoms with Gasteiger partial charge in [0, 0.05) is 54.0 Å². The molecule has 188 valence electrons. The summed E-state index contributed by atoms with van der Waals surface area (Å²) in [5.74, 6) is 2.90. The molecule has 1 fully saturated rings. The highest BCUT2D eigenvalue weighted by atomic mass is 16.5. The van der Waals surface area contributed by atoms with Crippen LogP contribution in [0, 0.1) is 5.92 Å². The van der Waals surface area contributed by atoms with Crippen LogP contribution in [0.2, 0.25) is 0 Å². The molecule has 9 heteroatoms. The zero-order chi connectivity index (χ0) is 25.5. The zero-order valence-electron chi connectivity index (χ0n) is 20.6. The van der Waals surface area contributed by atoms with E-state index in [1.165, 1.54) is 5.56 Å². The molecule has 0 radical (unpaired) electrons. The second kappa shape index (κ2) is 9.33. The first kappa shape index (κ1) is 23.2. The quantitative estimate of drug-likeness (QED) is 0.483. The number of hydrogen-bond donors (Lipinski definition) is 2. The lowest BCUT2D eigenvalue weighted by molar-refractivity contribution is -0.116. The number of carbonyl (C=O) groups excluding carboxylic acids is 2. The fraction of sp³-hybridized carbons (Fsp3) is 0.286. The number of nitrogens with zero attached hydrogens (tertiary/aromatic N) is 3. The molecular weight excluding hydrogens is 470 g/mol. The van der Waals surface area contributed by atoms with E-state index in [1.54, 1.807) is 12.4 Å². The third-order valence-electron chi connectivity index (χ3n) is 6.78. The van der Waals surface area contributed by atoms with Crippen molar-refractivity contribution in [1.29, 1.82) is 0 Å². The molecule has 0 bridgehead atoms. The van der Waals surface area contributed by atoms with Crippen LogP contribution in [0.5, 0.6) is 17.2 Å². The number of aromatic nitrogens is 1. The van der Waals surface area contributed by atoms with E-state index < -0.39 is 6.03 Å². The maximum absolute atomic E-state index is 12.4. The Morgan fingerprint density at radius 2 is 2.05 bits per heavy atom. The van der Waals surface area contributed by atoms with E-state index in [2.05, 4.69) is 25.5 Å². The fourth-order valence-electron chi connectivity index (χ4n) is 4.97. The fourth-order valence-corrected chi connectivity index (χ4v) is 4.97. The Morgan fingerprint density at radius 3 is 2.86 bits per heavy atom. The second-order valence-electron chi connectivity index (χ2n) is 9.81. The predicted molar refractivity (Wildman–Crippen MR) is 140 cm³/mol. The van der Waals surface area contributed by atoms with Crippen molar-refractivity contribution in [1.82, 2.24) is 9.88 Å². The van der Waals surface area contributed by atoms with E-state index in [0.717, 1.165) is 23.4 Å². The van der Waals surface area contributed by atoms with Gasteiger partial charge < -0.3 is 25.0 Å². The van der Waals surface area contributed by atoms with Gasteiger partial charge in [0.25, 0.3) is 0 Å². The number of carbonyl (C=O) groups is 2. The Morgan fingerprint density at radius 1 is 1.22 bits per heavy atom. The van der Waals surface area contributed by atoms with Crippen molar-refractivity contribution in [2.75, 3.05) is 24.7 Å². The van der Waals surface area contributed by atoms with Crippen LogP contribution < -0.4 is 20.1 Å². The van der Waals surface area contributed by atoms with E-state index in [-0.39, 0.29) is 23.8 Å². The van der Waals surface area contributed by atoms with Crippen LogP contribution in [-0.2, 0) is 17.8 Å². The Kier molecular flexibility index (Phi) is 5.84. The number of pyridine rings is 1. The van der Waals surface area contributed by atoms with E-state index in [9.17, 15) is 9.59 Å². The van der Waals surface area contributed by atoms with Crippen molar-refractivity contribution in [3.05, 3.63) is 71.4 Å². The number of hydrogen-bond acceptors (Lipinski definition) is 6. The van der Waals surface area contributed by atoms with Crippen LogP contribution in [0.25, 0.3) is 0 Å². The molecular formula is C28H27N5O4. The van der Waals surface area contributed by atoms with Gasteiger partial charge in [-0.25, -0.2) is 14.8 Å². The van der Waals surface area contributed by atoms with Gasteiger partial charge in [-0.2, -0.15) is 0 Å². The largest absolute Gasteiger partial charge is 0.489 e. The van der Waals surface area contributed by atoms with Crippen LogP contribution in [0.1, 0.15) is 29.0 Å². The minimum atomic E-state index is -0.405. The van der Waals surface area contributed by atoms with Crippen molar-refractivity contribution in [3.8, 4) is 17.2 Å². The average Bonchev–Trinajstić information content (AvgIpc) is 3.42. The Labute approximate surface area is 214 Å². The minimum Gasteiger partial charge on any atom is -0.489 e. The Bertz CT molecular complexity index is 1400. The number of anilines is 2. The van der Waals surface area contributed by atoms with Gasteiger partial charge in [0.15, 0.2) is 0 Å². The van der Waals surface area contributed by atoms with Crippen molar-refractivity contribution >= 4 is 29.7 Å². The average molecular weight is 498 g/mol. The van der Waals surface area contributed by atoms with Gasteiger partial charge >= 0.3 is 6.03 Å². The summed E-state index contributed by atoms with van der Waals surface area (Å²) in [6, 6.07) is 14.9. The first-order chi connectivity index (χ1) is 17.9. The van der Waals surface area contributed by atoms with Crippen molar-refractivity contribution in [3.63, 3.8) is 0 Å². The van der Waals surface area contributed by atoms with Gasteiger partial charge in [-0.15, -0.1) is 0 Å². The molecule has 3 heterocycles. The number of rotatable bonds is 6. The molecule has 3 atom stereocenters. The molecule has 0 spiro atoms. The molecule has 1 aromatic heterocycles. The van der Waals surface area contributed by atoms with Gasteiger partial charge in [-0.1, -0.05) is 12.1 Å². The van der Waals surface area contributed by atoms with Crippen LogP contribution in [0.3, 0.4) is 0 Å². The molecule has 2 aliphatic heterocycles. The number of aliphatic imine (C=N–C) groups is 1. The standard InChI is InChI=1S/C28H27N5O4/c1-33(2)15-16-3-5-17(6-4-16)31-28(35)30-14-21-25-20-13-18(7-9-22(20)37-26(21)25)36-23-11-12-29-27-19(23)8-10-24(34)32-27/h3-7,9,11-14,21,25-26H,8,10,15H2,1-2H3,(H,31,35)(H,29,32,34)/t21?,25-,26+/m0/s1. The molecule has 1 aliphatic carbocycles. The highest BCUT2D eigenvalue weighted by molar-refractivity contribution is 5.96. The third-order valence-corrected chi connectivity index (χ3v) is 6.78. The first-order valence-electron chi connectivity index (χ1n) is 12.3. The summed E-state index contributed by atoms with van der Waals surface area (Å²) in [6.45, 7) is 0.841. The van der Waals surface area contributed by atoms with Gasteiger partial charge in [-0.05, 0) is 62.5 Å². The lowest BCUT2D eigenvalue weighted by Crippen LogP contribution is -2.20. The minimum absolute atomic E-state index is 0.0176. The van der Waals surface area contributed by atoms with Crippen LogP contribution in [0.15, 0.2) is 59.7 Å². The van der Waals surface area contributed by atoms with Gasteiger partial charge in [-0.3, -0.25) is 4.79 Å². The maximum Gasteiger partial charge on any atom is 0.345 e. The third kappa shape index (κ3) is 4.77. The van der Waals surface area contributed by atoms with Crippen LogP contribution in [-0.4, -0.2) is 48.2 Å². The molecule has 3 amide bonds. The normalized spacial score (nSPS) is 21.1. The molecule has 37 heavy (non-hydrogen) atoms. The van der Waals surface area contributed by atoms with Crippen LogP contribution in [0.4, 0.5) is 16.3 Å². The number of amides is 3. The molecule has 0 saturated heterocycles.